The van der Waals surface area contributed by atoms with Gasteiger partial charge in [-0.15, -0.1) is 0 Å². The van der Waals surface area contributed by atoms with Crippen LogP contribution in [0.4, 0.5) is 5.69 Å². The van der Waals surface area contributed by atoms with Gasteiger partial charge in [-0.3, -0.25) is 0 Å². The number of esters is 1. The summed E-state index contributed by atoms with van der Waals surface area (Å²) < 4.78 is 11.2. The third-order valence-electron chi connectivity index (χ3n) is 2.88. The lowest BCUT2D eigenvalue weighted by molar-refractivity contribution is 0.0474. The van der Waals surface area contributed by atoms with Gasteiger partial charge in [-0.25, -0.2) is 4.79 Å². The summed E-state index contributed by atoms with van der Waals surface area (Å²) in [6.45, 7) is 0.0710. The summed E-state index contributed by atoms with van der Waals surface area (Å²) in [4.78, 5) is 12.1. The second-order valence-corrected chi connectivity index (χ2v) is 5.56. The van der Waals surface area contributed by atoms with E-state index in [0.717, 1.165) is 10.0 Å². The van der Waals surface area contributed by atoms with Gasteiger partial charge in [0.2, 0.25) is 0 Å². The summed E-state index contributed by atoms with van der Waals surface area (Å²) >= 11 is 9.39. The number of anilines is 1. The van der Waals surface area contributed by atoms with Gasteiger partial charge in [-0.1, -0.05) is 39.7 Å². The molecule has 2 aromatic rings. The maximum absolute atomic E-state index is 12.1. The molecule has 0 aliphatic rings. The highest BCUT2D eigenvalue weighted by molar-refractivity contribution is 9.10. The zero-order valence-electron chi connectivity index (χ0n) is 11.2. The van der Waals surface area contributed by atoms with E-state index in [1.807, 2.05) is 6.07 Å². The van der Waals surface area contributed by atoms with Gasteiger partial charge in [-0.05, 0) is 24.3 Å². The SMILES string of the molecule is COc1cccc(C(=O)OCc2ccc(Br)cc2Cl)c1N. The van der Waals surface area contributed by atoms with E-state index in [9.17, 15) is 4.79 Å². The highest BCUT2D eigenvalue weighted by Gasteiger charge is 2.15. The maximum Gasteiger partial charge on any atom is 0.340 e. The average Bonchev–Trinajstić information content (AvgIpc) is 2.46. The highest BCUT2D eigenvalue weighted by atomic mass is 79.9. The van der Waals surface area contributed by atoms with Crippen LogP contribution in [0.15, 0.2) is 40.9 Å². The Morgan fingerprint density at radius 2 is 2.10 bits per heavy atom. The number of hydrogen-bond donors (Lipinski definition) is 1. The van der Waals surface area contributed by atoms with E-state index in [0.29, 0.717) is 10.8 Å². The molecule has 2 rings (SSSR count). The minimum atomic E-state index is -0.523. The zero-order valence-corrected chi connectivity index (χ0v) is 13.6. The van der Waals surface area contributed by atoms with Crippen molar-refractivity contribution in [2.45, 2.75) is 6.61 Å². The lowest BCUT2D eigenvalue weighted by Gasteiger charge is -2.10. The molecular weight excluding hydrogens is 358 g/mol. The van der Waals surface area contributed by atoms with Crippen LogP contribution in [0.2, 0.25) is 5.02 Å². The Hall–Kier alpha value is -1.72. The van der Waals surface area contributed by atoms with E-state index in [4.69, 9.17) is 26.8 Å². The van der Waals surface area contributed by atoms with Gasteiger partial charge < -0.3 is 15.2 Å². The Morgan fingerprint density at radius 1 is 1.33 bits per heavy atom. The van der Waals surface area contributed by atoms with Crippen molar-refractivity contribution in [3.8, 4) is 5.75 Å². The van der Waals surface area contributed by atoms with E-state index in [-0.39, 0.29) is 17.9 Å². The molecule has 0 atom stereocenters. The summed E-state index contributed by atoms with van der Waals surface area (Å²) in [5, 5.41) is 0.524. The third-order valence-corrected chi connectivity index (χ3v) is 3.72. The van der Waals surface area contributed by atoms with Gasteiger partial charge in [0.15, 0.2) is 0 Å². The second kappa shape index (κ2) is 6.83. The Kier molecular flexibility index (Phi) is 5.09. The fraction of sp³-hybridized carbons (Fsp3) is 0.133. The Bertz CT molecular complexity index is 676. The predicted octanol–water partition coefficient (Wildman–Crippen LogP) is 4.05. The molecule has 0 heterocycles. The van der Waals surface area contributed by atoms with Crippen molar-refractivity contribution in [1.29, 1.82) is 0 Å². The Morgan fingerprint density at radius 3 is 2.76 bits per heavy atom. The molecule has 0 unspecified atom stereocenters. The molecule has 0 bridgehead atoms. The Balaban J connectivity index is 2.12. The van der Waals surface area contributed by atoms with Gasteiger partial charge in [0.25, 0.3) is 0 Å². The predicted molar refractivity (Wildman–Crippen MR) is 85.7 cm³/mol. The van der Waals surface area contributed by atoms with E-state index in [1.54, 1.807) is 30.3 Å². The number of hydrogen-bond acceptors (Lipinski definition) is 4. The van der Waals surface area contributed by atoms with Gasteiger partial charge >= 0.3 is 5.97 Å². The van der Waals surface area contributed by atoms with Crippen LogP contribution in [0.25, 0.3) is 0 Å². The molecule has 0 amide bonds. The Labute approximate surface area is 135 Å². The number of methoxy groups -OCH3 is 1. The first-order valence-corrected chi connectivity index (χ1v) is 7.23. The summed E-state index contributed by atoms with van der Waals surface area (Å²) in [5.74, 6) is -0.0866. The summed E-state index contributed by atoms with van der Waals surface area (Å²) in [5.41, 5.74) is 7.10. The van der Waals surface area contributed by atoms with Gasteiger partial charge in [0.05, 0.1) is 18.4 Å². The smallest absolute Gasteiger partial charge is 0.340 e. The van der Waals surface area contributed by atoms with Crippen molar-refractivity contribution < 1.29 is 14.3 Å². The second-order valence-electron chi connectivity index (χ2n) is 4.23. The van der Waals surface area contributed by atoms with Crippen LogP contribution in [0.1, 0.15) is 15.9 Å². The molecular formula is C15H13BrClNO3. The number of ether oxygens (including phenoxy) is 2. The van der Waals surface area contributed by atoms with Crippen molar-refractivity contribution in [1.82, 2.24) is 0 Å². The van der Waals surface area contributed by atoms with Crippen molar-refractivity contribution in [2.75, 3.05) is 12.8 Å². The topological polar surface area (TPSA) is 61.5 Å². The van der Waals surface area contributed by atoms with Crippen LogP contribution in [-0.4, -0.2) is 13.1 Å². The molecule has 4 nitrogen and oxygen atoms in total. The number of benzene rings is 2. The molecule has 0 fully saturated rings. The molecule has 6 heteroatoms. The van der Waals surface area contributed by atoms with E-state index in [1.165, 1.54) is 7.11 Å². The number of rotatable bonds is 4. The summed E-state index contributed by atoms with van der Waals surface area (Å²) in [6, 6.07) is 10.3. The van der Waals surface area contributed by atoms with Crippen molar-refractivity contribution in [3.63, 3.8) is 0 Å². The highest BCUT2D eigenvalue weighted by Crippen LogP contribution is 2.26. The quantitative estimate of drug-likeness (QED) is 0.651. The molecule has 0 saturated carbocycles. The number of para-hydroxylation sites is 1. The van der Waals surface area contributed by atoms with Crippen LogP contribution in [0.3, 0.4) is 0 Å². The minimum Gasteiger partial charge on any atom is -0.495 e. The van der Waals surface area contributed by atoms with Crippen molar-refractivity contribution >= 4 is 39.2 Å². The molecule has 2 aromatic carbocycles. The van der Waals surface area contributed by atoms with E-state index >= 15 is 0 Å². The van der Waals surface area contributed by atoms with Gasteiger partial charge in [0, 0.05) is 15.1 Å². The van der Waals surface area contributed by atoms with Crippen LogP contribution < -0.4 is 10.5 Å². The van der Waals surface area contributed by atoms with Crippen LogP contribution in [0, 0.1) is 0 Å². The molecule has 0 radical (unpaired) electrons. The first-order valence-electron chi connectivity index (χ1n) is 6.06. The largest absolute Gasteiger partial charge is 0.495 e. The zero-order chi connectivity index (χ0) is 15.4. The lowest BCUT2D eigenvalue weighted by Crippen LogP contribution is -2.09. The van der Waals surface area contributed by atoms with E-state index < -0.39 is 5.97 Å². The fourth-order valence-corrected chi connectivity index (χ4v) is 2.49. The first-order chi connectivity index (χ1) is 10.0. The van der Waals surface area contributed by atoms with E-state index in [2.05, 4.69) is 15.9 Å². The third kappa shape index (κ3) is 3.68. The van der Waals surface area contributed by atoms with Crippen LogP contribution >= 0.6 is 27.5 Å². The molecule has 0 aliphatic carbocycles. The van der Waals surface area contributed by atoms with Crippen LogP contribution in [-0.2, 0) is 11.3 Å². The number of halogens is 2. The molecule has 2 N–H and O–H groups in total. The number of carbonyl (C=O) groups is 1. The summed E-state index contributed by atoms with van der Waals surface area (Å²) in [6.07, 6.45) is 0. The lowest BCUT2D eigenvalue weighted by atomic mass is 10.1. The fourth-order valence-electron chi connectivity index (χ4n) is 1.76. The maximum atomic E-state index is 12.1. The molecule has 0 saturated heterocycles. The standard InChI is InChI=1S/C15H13BrClNO3/c1-20-13-4-2-3-11(14(13)18)15(19)21-8-9-5-6-10(16)7-12(9)17/h2-7H,8,18H2,1H3. The molecule has 110 valence electrons. The number of carbonyl (C=O) groups excluding carboxylic acids is 1. The minimum absolute atomic E-state index is 0.0710. The number of nitrogen functional groups attached to an aromatic ring is 1. The molecule has 0 spiro atoms. The first kappa shape index (κ1) is 15.7. The van der Waals surface area contributed by atoms with Crippen LogP contribution in [0.5, 0.6) is 5.75 Å². The van der Waals surface area contributed by atoms with Crippen molar-refractivity contribution in [3.05, 3.63) is 57.0 Å². The number of nitrogens with two attached hydrogens (primary N) is 1. The molecule has 0 aromatic heterocycles. The van der Waals surface area contributed by atoms with Gasteiger partial charge in [-0.2, -0.15) is 0 Å². The molecule has 0 aliphatic heterocycles. The monoisotopic (exact) mass is 369 g/mol. The molecule has 21 heavy (non-hydrogen) atoms. The van der Waals surface area contributed by atoms with Gasteiger partial charge in [0.1, 0.15) is 12.4 Å². The van der Waals surface area contributed by atoms with Crippen molar-refractivity contribution in [2.24, 2.45) is 0 Å². The average molecular weight is 371 g/mol. The normalized spacial score (nSPS) is 10.2. The summed E-state index contributed by atoms with van der Waals surface area (Å²) in [7, 11) is 1.49.